The van der Waals surface area contributed by atoms with E-state index in [-0.39, 0.29) is 11.8 Å². The molecule has 0 spiro atoms. The molecule has 160 valence electrons. The van der Waals surface area contributed by atoms with Gasteiger partial charge in [-0.15, -0.1) is 0 Å². The molecule has 0 aliphatic heterocycles. The third-order valence-electron chi connectivity index (χ3n) is 4.86. The smallest absolute Gasteiger partial charge is 0.251 e. The molecule has 0 fully saturated rings. The van der Waals surface area contributed by atoms with Gasteiger partial charge in [0.15, 0.2) is 11.5 Å². The van der Waals surface area contributed by atoms with Crippen molar-refractivity contribution in [2.24, 2.45) is 0 Å². The zero-order valence-electron chi connectivity index (χ0n) is 17.6. The van der Waals surface area contributed by atoms with Gasteiger partial charge in [-0.05, 0) is 35.4 Å². The second-order valence-corrected chi connectivity index (χ2v) is 6.99. The highest BCUT2D eigenvalue weighted by molar-refractivity contribution is 5.97. The van der Waals surface area contributed by atoms with E-state index in [1.165, 1.54) is 0 Å². The molecule has 0 saturated carbocycles. The quantitative estimate of drug-likeness (QED) is 0.559. The summed E-state index contributed by atoms with van der Waals surface area (Å²) in [4.78, 5) is 25.6. The molecule has 0 heterocycles. The number of benzene rings is 3. The van der Waals surface area contributed by atoms with Crippen LogP contribution < -0.4 is 20.1 Å². The molecule has 6 heteroatoms. The number of carbonyl (C=O) groups is 2. The van der Waals surface area contributed by atoms with Crippen LogP contribution in [0.4, 0.5) is 0 Å². The van der Waals surface area contributed by atoms with Gasteiger partial charge in [-0.25, -0.2) is 0 Å². The minimum absolute atomic E-state index is 0.261. The maximum absolute atomic E-state index is 13.0. The summed E-state index contributed by atoms with van der Waals surface area (Å²) < 4.78 is 10.6. The van der Waals surface area contributed by atoms with E-state index in [1.807, 2.05) is 48.5 Å². The SMILES string of the molecule is COc1ccc(CNC(=O)[C@H](Cc2ccccc2)NC(=O)c2ccccc2)cc1OC. The third-order valence-corrected chi connectivity index (χ3v) is 4.86. The predicted octanol–water partition coefficient (Wildman–Crippen LogP) is 3.36. The van der Waals surface area contributed by atoms with Gasteiger partial charge in [-0.1, -0.05) is 54.6 Å². The maximum atomic E-state index is 13.0. The Morgan fingerprint density at radius 1 is 0.806 bits per heavy atom. The van der Waals surface area contributed by atoms with Gasteiger partial charge in [0.25, 0.3) is 5.91 Å². The fraction of sp³-hybridized carbons (Fsp3) is 0.200. The standard InChI is InChI=1S/C25H26N2O4/c1-30-22-14-13-19(16-23(22)31-2)17-26-25(29)21(15-18-9-5-3-6-10-18)27-24(28)20-11-7-4-8-12-20/h3-14,16,21H,15,17H2,1-2H3,(H,26,29)(H,27,28)/t21-/m0/s1. The van der Waals surface area contributed by atoms with Crippen molar-refractivity contribution in [2.45, 2.75) is 19.0 Å². The van der Waals surface area contributed by atoms with Crippen LogP contribution in [-0.4, -0.2) is 32.1 Å². The van der Waals surface area contributed by atoms with Gasteiger partial charge in [-0.3, -0.25) is 9.59 Å². The number of methoxy groups -OCH3 is 2. The Kier molecular flexibility index (Phi) is 7.65. The van der Waals surface area contributed by atoms with Crippen LogP contribution in [0.1, 0.15) is 21.5 Å². The highest BCUT2D eigenvalue weighted by atomic mass is 16.5. The van der Waals surface area contributed by atoms with Crippen LogP contribution in [0, 0.1) is 0 Å². The van der Waals surface area contributed by atoms with E-state index in [4.69, 9.17) is 9.47 Å². The third kappa shape index (κ3) is 6.09. The van der Waals surface area contributed by atoms with Gasteiger partial charge in [-0.2, -0.15) is 0 Å². The zero-order valence-corrected chi connectivity index (χ0v) is 17.6. The minimum atomic E-state index is -0.713. The zero-order chi connectivity index (χ0) is 22.1. The van der Waals surface area contributed by atoms with E-state index >= 15 is 0 Å². The van der Waals surface area contributed by atoms with E-state index in [1.54, 1.807) is 44.6 Å². The van der Waals surface area contributed by atoms with Crippen molar-refractivity contribution in [3.8, 4) is 11.5 Å². The van der Waals surface area contributed by atoms with Gasteiger partial charge < -0.3 is 20.1 Å². The summed E-state index contributed by atoms with van der Waals surface area (Å²) in [5, 5.41) is 5.78. The molecular weight excluding hydrogens is 392 g/mol. The first-order chi connectivity index (χ1) is 15.1. The fourth-order valence-electron chi connectivity index (χ4n) is 3.19. The van der Waals surface area contributed by atoms with Crippen molar-refractivity contribution in [3.05, 3.63) is 95.6 Å². The molecular formula is C25H26N2O4. The van der Waals surface area contributed by atoms with Gasteiger partial charge >= 0.3 is 0 Å². The normalized spacial score (nSPS) is 11.3. The average molecular weight is 418 g/mol. The summed E-state index contributed by atoms with van der Waals surface area (Å²) in [6.45, 7) is 0.297. The number of ether oxygens (including phenoxy) is 2. The summed E-state index contributed by atoms with van der Waals surface area (Å²) in [7, 11) is 3.14. The van der Waals surface area contributed by atoms with E-state index in [0.29, 0.717) is 30.0 Å². The Labute approximate surface area is 182 Å². The predicted molar refractivity (Wildman–Crippen MR) is 119 cm³/mol. The first-order valence-electron chi connectivity index (χ1n) is 9.99. The van der Waals surface area contributed by atoms with Gasteiger partial charge in [0.2, 0.25) is 5.91 Å². The molecule has 0 aliphatic rings. The van der Waals surface area contributed by atoms with Crippen LogP contribution in [-0.2, 0) is 17.8 Å². The molecule has 2 N–H and O–H groups in total. The molecule has 0 aromatic heterocycles. The minimum Gasteiger partial charge on any atom is -0.493 e. The molecule has 0 saturated heterocycles. The number of rotatable bonds is 9. The van der Waals surface area contributed by atoms with Crippen LogP contribution in [0.2, 0.25) is 0 Å². The van der Waals surface area contributed by atoms with Crippen LogP contribution in [0.15, 0.2) is 78.9 Å². The van der Waals surface area contributed by atoms with E-state index in [2.05, 4.69) is 10.6 Å². The first kappa shape index (κ1) is 21.9. The highest BCUT2D eigenvalue weighted by Gasteiger charge is 2.22. The van der Waals surface area contributed by atoms with E-state index in [0.717, 1.165) is 11.1 Å². The summed E-state index contributed by atoms with van der Waals surface area (Å²) in [6, 6.07) is 23.2. The number of nitrogens with one attached hydrogen (secondary N) is 2. The molecule has 0 aliphatic carbocycles. The molecule has 6 nitrogen and oxygen atoms in total. The van der Waals surface area contributed by atoms with Crippen LogP contribution in [0.5, 0.6) is 11.5 Å². The number of hydrogen-bond acceptors (Lipinski definition) is 4. The average Bonchev–Trinajstić information content (AvgIpc) is 2.83. The fourth-order valence-corrected chi connectivity index (χ4v) is 3.19. The second kappa shape index (κ2) is 10.8. The number of amides is 2. The number of hydrogen-bond donors (Lipinski definition) is 2. The van der Waals surface area contributed by atoms with Crippen molar-refractivity contribution in [1.82, 2.24) is 10.6 Å². The molecule has 3 rings (SSSR count). The lowest BCUT2D eigenvalue weighted by atomic mass is 10.0. The molecule has 0 radical (unpaired) electrons. The van der Waals surface area contributed by atoms with Crippen molar-refractivity contribution >= 4 is 11.8 Å². The molecule has 0 unspecified atom stereocenters. The maximum Gasteiger partial charge on any atom is 0.251 e. The Hall–Kier alpha value is -3.80. The van der Waals surface area contributed by atoms with Crippen LogP contribution >= 0.6 is 0 Å². The lowest BCUT2D eigenvalue weighted by molar-refractivity contribution is -0.123. The summed E-state index contributed by atoms with van der Waals surface area (Å²) in [5.41, 5.74) is 2.33. The largest absolute Gasteiger partial charge is 0.493 e. The summed E-state index contributed by atoms with van der Waals surface area (Å²) in [5.74, 6) is 0.660. The highest BCUT2D eigenvalue weighted by Crippen LogP contribution is 2.27. The molecule has 3 aromatic rings. The monoisotopic (exact) mass is 418 g/mol. The van der Waals surface area contributed by atoms with Crippen molar-refractivity contribution in [2.75, 3.05) is 14.2 Å². The Morgan fingerprint density at radius 2 is 1.45 bits per heavy atom. The number of carbonyl (C=O) groups excluding carboxylic acids is 2. The summed E-state index contributed by atoms with van der Waals surface area (Å²) in [6.07, 6.45) is 0.386. The molecule has 3 aromatic carbocycles. The van der Waals surface area contributed by atoms with Gasteiger partial charge in [0.1, 0.15) is 6.04 Å². The summed E-state index contributed by atoms with van der Waals surface area (Å²) >= 11 is 0. The lowest BCUT2D eigenvalue weighted by Crippen LogP contribution is -2.47. The first-order valence-corrected chi connectivity index (χ1v) is 9.99. The Balaban J connectivity index is 1.71. The Morgan fingerprint density at radius 3 is 2.10 bits per heavy atom. The van der Waals surface area contributed by atoms with Gasteiger partial charge in [0.05, 0.1) is 14.2 Å². The van der Waals surface area contributed by atoms with Crippen molar-refractivity contribution < 1.29 is 19.1 Å². The molecule has 0 bridgehead atoms. The second-order valence-electron chi connectivity index (χ2n) is 6.99. The van der Waals surface area contributed by atoms with Crippen molar-refractivity contribution in [1.29, 1.82) is 0 Å². The lowest BCUT2D eigenvalue weighted by Gasteiger charge is -2.19. The van der Waals surface area contributed by atoms with E-state index < -0.39 is 6.04 Å². The van der Waals surface area contributed by atoms with Crippen LogP contribution in [0.25, 0.3) is 0 Å². The van der Waals surface area contributed by atoms with E-state index in [9.17, 15) is 9.59 Å². The Bertz CT molecular complexity index is 1010. The topological polar surface area (TPSA) is 76.7 Å². The molecule has 2 amide bonds. The van der Waals surface area contributed by atoms with Crippen LogP contribution in [0.3, 0.4) is 0 Å². The van der Waals surface area contributed by atoms with Gasteiger partial charge in [0, 0.05) is 18.5 Å². The molecule has 1 atom stereocenters. The molecule has 31 heavy (non-hydrogen) atoms. The van der Waals surface area contributed by atoms with Crippen molar-refractivity contribution in [3.63, 3.8) is 0 Å².